The number of likely N-dealkylation sites (N-methyl/N-ethyl adjacent to an activating group) is 1. The minimum atomic E-state index is -4.44. The summed E-state index contributed by atoms with van der Waals surface area (Å²) in [6.45, 7) is 2.46. The number of benzene rings is 1. The van der Waals surface area contributed by atoms with Gasteiger partial charge in [0.15, 0.2) is 6.54 Å². The maximum Gasteiger partial charge on any atom is 0.416 e. The molecule has 1 aliphatic heterocycles. The summed E-state index contributed by atoms with van der Waals surface area (Å²) in [6, 6.07) is 5.59. The number of alkyl halides is 3. The van der Waals surface area contributed by atoms with E-state index in [1.165, 1.54) is 6.07 Å². The number of amides is 1. The lowest BCUT2D eigenvalue weighted by Crippen LogP contribution is -3.08. The van der Waals surface area contributed by atoms with E-state index in [1.54, 1.807) is 11.3 Å². The Morgan fingerprint density at radius 2 is 2.00 bits per heavy atom. The van der Waals surface area contributed by atoms with E-state index in [-0.39, 0.29) is 18.1 Å². The van der Waals surface area contributed by atoms with Crippen molar-refractivity contribution < 1.29 is 22.9 Å². The summed E-state index contributed by atoms with van der Waals surface area (Å²) < 4.78 is 39.3. The quantitative estimate of drug-likeness (QED) is 0.785. The van der Waals surface area contributed by atoms with Crippen molar-refractivity contribution in [3.8, 4) is 0 Å². The summed E-state index contributed by atoms with van der Waals surface area (Å²) >= 11 is 1.60. The summed E-state index contributed by atoms with van der Waals surface area (Å²) in [4.78, 5) is 15.4. The van der Waals surface area contributed by atoms with Crippen LogP contribution in [-0.2, 0) is 17.5 Å². The standard InChI is InChI=1S/C19H22F3N3OS/c1-24(11-14-6-9-27-13-14)12-18(26)23-16-10-15(19(20,21)22)4-5-17(16)25-7-2-3-8-25/h4-6,9-10,13H,2-3,7-8,11-12H2,1H3,(H,23,26)/p+1. The Morgan fingerprint density at radius 3 is 2.63 bits per heavy atom. The summed E-state index contributed by atoms with van der Waals surface area (Å²) in [5, 5.41) is 6.72. The summed E-state index contributed by atoms with van der Waals surface area (Å²) in [5.41, 5.74) is 1.28. The average Bonchev–Trinajstić information content (AvgIpc) is 3.27. The molecule has 8 heteroatoms. The second kappa shape index (κ2) is 8.31. The lowest BCUT2D eigenvalue weighted by atomic mass is 10.1. The van der Waals surface area contributed by atoms with Crippen molar-refractivity contribution in [2.24, 2.45) is 0 Å². The molecule has 0 spiro atoms. The topological polar surface area (TPSA) is 36.8 Å². The molecule has 1 aromatic carbocycles. The Hall–Kier alpha value is -2.06. The van der Waals surface area contributed by atoms with E-state index in [1.807, 2.05) is 28.8 Å². The predicted molar refractivity (Wildman–Crippen MR) is 101 cm³/mol. The van der Waals surface area contributed by atoms with Crippen molar-refractivity contribution >= 4 is 28.6 Å². The second-order valence-electron chi connectivity index (χ2n) is 6.91. The van der Waals surface area contributed by atoms with Crippen LogP contribution in [0.4, 0.5) is 24.5 Å². The van der Waals surface area contributed by atoms with Crippen LogP contribution in [0.3, 0.4) is 0 Å². The fourth-order valence-corrected chi connectivity index (χ4v) is 3.99. The van der Waals surface area contributed by atoms with Crippen LogP contribution in [-0.4, -0.2) is 32.6 Å². The van der Waals surface area contributed by atoms with E-state index in [9.17, 15) is 18.0 Å². The van der Waals surface area contributed by atoms with Crippen LogP contribution in [0, 0.1) is 0 Å². The zero-order valence-electron chi connectivity index (χ0n) is 15.1. The van der Waals surface area contributed by atoms with Crippen LogP contribution in [0.15, 0.2) is 35.0 Å². The Bertz CT molecular complexity index is 771. The van der Waals surface area contributed by atoms with Crippen molar-refractivity contribution in [2.75, 3.05) is 36.9 Å². The summed E-state index contributed by atoms with van der Waals surface area (Å²) in [7, 11) is 1.89. The zero-order chi connectivity index (χ0) is 19.4. The first-order chi connectivity index (χ1) is 12.8. The third-order valence-corrected chi connectivity index (χ3v) is 5.33. The van der Waals surface area contributed by atoms with Crippen LogP contribution in [0.2, 0.25) is 0 Å². The Labute approximate surface area is 160 Å². The van der Waals surface area contributed by atoms with Gasteiger partial charge in [0, 0.05) is 18.7 Å². The molecule has 2 N–H and O–H groups in total. The second-order valence-corrected chi connectivity index (χ2v) is 7.69. The van der Waals surface area contributed by atoms with Gasteiger partial charge in [-0.05, 0) is 47.9 Å². The third-order valence-electron chi connectivity index (χ3n) is 4.59. The van der Waals surface area contributed by atoms with Gasteiger partial charge in [-0.3, -0.25) is 4.79 Å². The first kappa shape index (κ1) is 19.7. The molecule has 2 aromatic rings. The number of nitrogens with zero attached hydrogens (tertiary/aromatic N) is 1. The molecule has 1 aliphatic rings. The molecule has 1 unspecified atom stereocenters. The molecule has 1 atom stereocenters. The average molecular weight is 398 g/mol. The van der Waals surface area contributed by atoms with Gasteiger partial charge < -0.3 is 15.1 Å². The van der Waals surface area contributed by atoms with Crippen LogP contribution in [0.25, 0.3) is 0 Å². The van der Waals surface area contributed by atoms with Crippen molar-refractivity contribution in [3.63, 3.8) is 0 Å². The number of hydrogen-bond donors (Lipinski definition) is 2. The molecular formula is C19H23F3N3OS+. The Morgan fingerprint density at radius 1 is 1.26 bits per heavy atom. The number of anilines is 2. The molecule has 1 saturated heterocycles. The number of hydrogen-bond acceptors (Lipinski definition) is 3. The number of rotatable bonds is 6. The van der Waals surface area contributed by atoms with Gasteiger partial charge in [0.25, 0.3) is 5.91 Å². The maximum atomic E-state index is 13.1. The lowest BCUT2D eigenvalue weighted by molar-refractivity contribution is -0.885. The molecule has 0 bridgehead atoms. The molecule has 1 fully saturated rings. The van der Waals surface area contributed by atoms with Gasteiger partial charge in [0.1, 0.15) is 6.54 Å². The Kier molecular flexibility index (Phi) is 6.06. The van der Waals surface area contributed by atoms with E-state index in [2.05, 4.69) is 5.32 Å². The van der Waals surface area contributed by atoms with E-state index in [4.69, 9.17) is 0 Å². The number of nitrogens with one attached hydrogen (secondary N) is 2. The highest BCUT2D eigenvalue weighted by Crippen LogP contribution is 2.36. The smallest absolute Gasteiger partial charge is 0.370 e. The first-order valence-corrected chi connectivity index (χ1v) is 9.85. The highest BCUT2D eigenvalue weighted by Gasteiger charge is 2.32. The van der Waals surface area contributed by atoms with E-state index < -0.39 is 11.7 Å². The molecule has 1 amide bonds. The fourth-order valence-electron chi connectivity index (χ4n) is 3.32. The van der Waals surface area contributed by atoms with Gasteiger partial charge in [-0.25, -0.2) is 0 Å². The number of carbonyl (C=O) groups excluding carboxylic acids is 1. The zero-order valence-corrected chi connectivity index (χ0v) is 15.9. The fraction of sp³-hybridized carbons (Fsp3) is 0.421. The van der Waals surface area contributed by atoms with Gasteiger partial charge in [-0.1, -0.05) is 0 Å². The number of thiophene rings is 1. The van der Waals surface area contributed by atoms with Crippen molar-refractivity contribution in [1.29, 1.82) is 0 Å². The van der Waals surface area contributed by atoms with Crippen molar-refractivity contribution in [2.45, 2.75) is 25.6 Å². The van der Waals surface area contributed by atoms with Crippen LogP contribution >= 0.6 is 11.3 Å². The van der Waals surface area contributed by atoms with Crippen molar-refractivity contribution in [1.82, 2.24) is 0 Å². The van der Waals surface area contributed by atoms with Gasteiger partial charge >= 0.3 is 6.18 Å². The molecule has 1 aromatic heterocycles. The lowest BCUT2D eigenvalue weighted by Gasteiger charge is -2.23. The van der Waals surface area contributed by atoms with E-state index in [0.29, 0.717) is 12.2 Å². The number of halogens is 3. The molecule has 0 radical (unpaired) electrons. The summed E-state index contributed by atoms with van der Waals surface area (Å²) in [6.07, 6.45) is -2.44. The largest absolute Gasteiger partial charge is 0.416 e. The summed E-state index contributed by atoms with van der Waals surface area (Å²) in [5.74, 6) is -0.289. The molecule has 3 rings (SSSR count). The molecule has 27 heavy (non-hydrogen) atoms. The maximum absolute atomic E-state index is 13.1. The van der Waals surface area contributed by atoms with E-state index >= 15 is 0 Å². The molecule has 0 aliphatic carbocycles. The van der Waals surface area contributed by atoms with Gasteiger partial charge in [-0.2, -0.15) is 24.5 Å². The van der Waals surface area contributed by atoms with Crippen LogP contribution in [0.1, 0.15) is 24.0 Å². The van der Waals surface area contributed by atoms with Gasteiger partial charge in [0.2, 0.25) is 0 Å². The number of carbonyl (C=O) groups is 1. The molecular weight excluding hydrogens is 375 g/mol. The minimum absolute atomic E-state index is 0.186. The third kappa shape index (κ3) is 5.23. The normalized spacial score (nSPS) is 15.8. The van der Waals surface area contributed by atoms with Gasteiger partial charge in [0.05, 0.1) is 24.0 Å². The van der Waals surface area contributed by atoms with Gasteiger partial charge in [-0.15, -0.1) is 0 Å². The van der Waals surface area contributed by atoms with Crippen LogP contribution in [0.5, 0.6) is 0 Å². The first-order valence-electron chi connectivity index (χ1n) is 8.91. The SMILES string of the molecule is C[NH+](CC(=O)Nc1cc(C(F)(F)F)ccc1N1CCCC1)Cc1ccsc1. The van der Waals surface area contributed by atoms with E-state index in [0.717, 1.165) is 48.5 Å². The monoisotopic (exact) mass is 398 g/mol. The Balaban J connectivity index is 1.73. The highest BCUT2D eigenvalue weighted by atomic mass is 32.1. The highest BCUT2D eigenvalue weighted by molar-refractivity contribution is 7.07. The minimum Gasteiger partial charge on any atom is -0.370 e. The van der Waals surface area contributed by atoms with Crippen molar-refractivity contribution in [3.05, 3.63) is 46.2 Å². The molecule has 4 nitrogen and oxygen atoms in total. The molecule has 2 heterocycles. The molecule has 146 valence electrons. The number of quaternary nitrogens is 1. The molecule has 0 saturated carbocycles. The predicted octanol–water partition coefficient (Wildman–Crippen LogP) is 3.02. The van der Waals surface area contributed by atoms with Crippen LogP contribution < -0.4 is 15.1 Å².